The fraction of sp³-hybridized carbons (Fsp3) is 0. The molecule has 4 nitrogen and oxygen atoms in total. The minimum Gasteiger partial charge on any atom is -0.443 e. The topological polar surface area (TPSA) is 52.3 Å². The van der Waals surface area contributed by atoms with Crippen LogP contribution in [0.4, 0.5) is 0 Å². The van der Waals surface area contributed by atoms with Gasteiger partial charge in [0.1, 0.15) is 16.8 Å². The Morgan fingerprint density at radius 1 is 1.16 bits per heavy atom. The van der Waals surface area contributed by atoms with Gasteiger partial charge in [-0.2, -0.15) is 0 Å². The third kappa shape index (κ3) is 2.30. The van der Waals surface area contributed by atoms with E-state index in [1.54, 1.807) is 42.5 Å². The Hall–Kier alpha value is -2.33. The number of benzene rings is 2. The van der Waals surface area contributed by atoms with Crippen LogP contribution in [0.25, 0.3) is 11.1 Å². The predicted octanol–water partition coefficient (Wildman–Crippen LogP) is 3.70. The summed E-state index contributed by atoms with van der Waals surface area (Å²) in [6, 6.07) is 11.7. The predicted molar refractivity (Wildman–Crippen MR) is 70.4 cm³/mol. The second-order valence-corrected chi connectivity index (χ2v) is 4.29. The Labute approximate surface area is 113 Å². The summed E-state index contributed by atoms with van der Waals surface area (Å²) >= 11 is 5.76. The Bertz CT molecular complexity index is 734. The first-order valence-electron chi connectivity index (χ1n) is 5.54. The number of hydrogen-bond donors (Lipinski definition) is 0. The molecule has 3 aromatic rings. The molecule has 1 heterocycles. The molecule has 0 saturated heterocycles. The monoisotopic (exact) mass is 273 g/mol. The molecule has 0 bridgehead atoms. The van der Waals surface area contributed by atoms with E-state index >= 15 is 0 Å². The molecule has 0 N–H and O–H groups in total. The molecule has 0 saturated carbocycles. The minimum atomic E-state index is -0.496. The van der Waals surface area contributed by atoms with Crippen molar-refractivity contribution in [3.05, 3.63) is 59.4 Å². The molecule has 0 fully saturated rings. The molecule has 0 amide bonds. The number of carbonyl (C=O) groups excluding carboxylic acids is 1. The van der Waals surface area contributed by atoms with E-state index in [-0.39, 0.29) is 0 Å². The molecule has 94 valence electrons. The van der Waals surface area contributed by atoms with Gasteiger partial charge in [0, 0.05) is 5.02 Å². The van der Waals surface area contributed by atoms with Crippen molar-refractivity contribution in [1.82, 2.24) is 4.98 Å². The van der Waals surface area contributed by atoms with Gasteiger partial charge in [-0.1, -0.05) is 17.7 Å². The lowest BCUT2D eigenvalue weighted by Gasteiger charge is -2.04. The molecule has 1 aromatic heterocycles. The summed E-state index contributed by atoms with van der Waals surface area (Å²) in [5, 5.41) is 0.581. The molecular weight excluding hydrogens is 266 g/mol. The summed E-state index contributed by atoms with van der Waals surface area (Å²) in [6.07, 6.45) is 1.30. The number of oxazole rings is 1. The number of esters is 1. The molecule has 19 heavy (non-hydrogen) atoms. The molecular formula is C14H8ClNO3. The van der Waals surface area contributed by atoms with E-state index in [0.717, 1.165) is 0 Å². The highest BCUT2D eigenvalue weighted by Gasteiger charge is 2.15. The zero-order valence-electron chi connectivity index (χ0n) is 9.67. The Balaban J connectivity index is 1.92. The number of carbonyl (C=O) groups is 1. The highest BCUT2D eigenvalue weighted by molar-refractivity contribution is 6.30. The largest absolute Gasteiger partial charge is 0.443 e. The SMILES string of the molecule is O=C(Oc1ccc(Cl)cc1)c1cccc2ncoc12. The molecule has 0 aliphatic carbocycles. The molecule has 0 radical (unpaired) electrons. The highest BCUT2D eigenvalue weighted by Crippen LogP contribution is 2.21. The van der Waals surface area contributed by atoms with E-state index in [9.17, 15) is 4.79 Å². The van der Waals surface area contributed by atoms with Crippen LogP contribution in [0.15, 0.2) is 53.3 Å². The Morgan fingerprint density at radius 3 is 2.74 bits per heavy atom. The van der Waals surface area contributed by atoms with Gasteiger partial charge in [-0.25, -0.2) is 9.78 Å². The van der Waals surface area contributed by atoms with Crippen molar-refractivity contribution in [3.8, 4) is 5.75 Å². The number of hydrogen-bond acceptors (Lipinski definition) is 4. The van der Waals surface area contributed by atoms with E-state index in [2.05, 4.69) is 4.98 Å². The summed E-state index contributed by atoms with van der Waals surface area (Å²) in [5.74, 6) is -0.0735. The maximum Gasteiger partial charge on any atom is 0.347 e. The van der Waals surface area contributed by atoms with Crippen LogP contribution in [0.2, 0.25) is 5.02 Å². The minimum absolute atomic E-state index is 0.338. The zero-order valence-corrected chi connectivity index (χ0v) is 10.4. The van der Waals surface area contributed by atoms with E-state index in [0.29, 0.717) is 27.4 Å². The molecule has 0 aliphatic rings. The highest BCUT2D eigenvalue weighted by atomic mass is 35.5. The van der Waals surface area contributed by atoms with Crippen molar-refractivity contribution in [2.75, 3.05) is 0 Å². The van der Waals surface area contributed by atoms with Crippen LogP contribution < -0.4 is 4.74 Å². The molecule has 0 unspecified atom stereocenters. The van der Waals surface area contributed by atoms with Crippen LogP contribution in [0.3, 0.4) is 0 Å². The van der Waals surface area contributed by atoms with Gasteiger partial charge in [-0.3, -0.25) is 0 Å². The number of halogens is 1. The Kier molecular flexibility index (Phi) is 2.93. The van der Waals surface area contributed by atoms with Crippen molar-refractivity contribution in [2.45, 2.75) is 0 Å². The maximum atomic E-state index is 12.1. The van der Waals surface area contributed by atoms with Crippen molar-refractivity contribution in [2.24, 2.45) is 0 Å². The average molecular weight is 274 g/mol. The molecule has 0 spiro atoms. The quantitative estimate of drug-likeness (QED) is 0.528. The fourth-order valence-electron chi connectivity index (χ4n) is 1.71. The standard InChI is InChI=1S/C14H8ClNO3/c15-9-4-6-10(7-5-9)19-14(17)11-2-1-3-12-13(11)18-8-16-12/h1-8H. The van der Waals surface area contributed by atoms with Gasteiger partial charge < -0.3 is 9.15 Å². The van der Waals surface area contributed by atoms with Gasteiger partial charge >= 0.3 is 5.97 Å². The van der Waals surface area contributed by atoms with Gasteiger partial charge in [-0.15, -0.1) is 0 Å². The first-order chi connectivity index (χ1) is 9.24. The van der Waals surface area contributed by atoms with Gasteiger partial charge in [0.2, 0.25) is 0 Å². The van der Waals surface area contributed by atoms with E-state index in [1.165, 1.54) is 6.39 Å². The molecule has 2 aromatic carbocycles. The maximum absolute atomic E-state index is 12.1. The number of nitrogens with zero attached hydrogens (tertiary/aromatic N) is 1. The first kappa shape index (κ1) is 11.7. The second kappa shape index (κ2) is 4.74. The lowest BCUT2D eigenvalue weighted by molar-refractivity contribution is 0.0735. The van der Waals surface area contributed by atoms with Crippen molar-refractivity contribution in [1.29, 1.82) is 0 Å². The van der Waals surface area contributed by atoms with Gasteiger partial charge in [0.05, 0.1) is 0 Å². The van der Waals surface area contributed by atoms with Crippen LogP contribution >= 0.6 is 11.6 Å². The first-order valence-corrected chi connectivity index (χ1v) is 5.92. The molecule has 3 rings (SSSR count). The molecule has 0 aliphatic heterocycles. The van der Waals surface area contributed by atoms with E-state index in [4.69, 9.17) is 20.8 Å². The van der Waals surface area contributed by atoms with Crippen LogP contribution in [0.1, 0.15) is 10.4 Å². The van der Waals surface area contributed by atoms with Gasteiger partial charge in [-0.05, 0) is 36.4 Å². The fourth-order valence-corrected chi connectivity index (χ4v) is 1.84. The third-order valence-corrected chi connectivity index (χ3v) is 2.85. The second-order valence-electron chi connectivity index (χ2n) is 3.85. The van der Waals surface area contributed by atoms with Crippen LogP contribution in [-0.4, -0.2) is 11.0 Å². The third-order valence-electron chi connectivity index (χ3n) is 2.60. The van der Waals surface area contributed by atoms with Gasteiger partial charge in [0.25, 0.3) is 0 Å². The van der Waals surface area contributed by atoms with Gasteiger partial charge in [0.15, 0.2) is 12.0 Å². The summed E-state index contributed by atoms with van der Waals surface area (Å²) in [7, 11) is 0. The van der Waals surface area contributed by atoms with E-state index < -0.39 is 5.97 Å². The summed E-state index contributed by atoms with van der Waals surface area (Å²) in [4.78, 5) is 16.1. The zero-order chi connectivity index (χ0) is 13.2. The van der Waals surface area contributed by atoms with E-state index in [1.807, 2.05) is 0 Å². The van der Waals surface area contributed by atoms with Crippen molar-refractivity contribution >= 4 is 28.7 Å². The Morgan fingerprint density at radius 2 is 1.95 bits per heavy atom. The van der Waals surface area contributed by atoms with Crippen molar-refractivity contribution in [3.63, 3.8) is 0 Å². The lowest BCUT2D eigenvalue weighted by atomic mass is 10.2. The number of para-hydroxylation sites is 1. The number of fused-ring (bicyclic) bond motifs is 1. The number of ether oxygens (including phenoxy) is 1. The summed E-state index contributed by atoms with van der Waals surface area (Å²) < 4.78 is 10.4. The molecule has 0 atom stereocenters. The number of aromatic nitrogens is 1. The normalized spacial score (nSPS) is 10.6. The van der Waals surface area contributed by atoms with Crippen LogP contribution in [0.5, 0.6) is 5.75 Å². The average Bonchev–Trinajstić information content (AvgIpc) is 2.89. The lowest BCUT2D eigenvalue weighted by Crippen LogP contribution is -2.08. The summed E-state index contributed by atoms with van der Waals surface area (Å²) in [5.41, 5.74) is 1.37. The van der Waals surface area contributed by atoms with Crippen LogP contribution in [-0.2, 0) is 0 Å². The van der Waals surface area contributed by atoms with Crippen LogP contribution in [0, 0.1) is 0 Å². The smallest absolute Gasteiger partial charge is 0.347 e. The number of rotatable bonds is 2. The molecule has 5 heteroatoms. The summed E-state index contributed by atoms with van der Waals surface area (Å²) in [6.45, 7) is 0. The van der Waals surface area contributed by atoms with Crippen molar-refractivity contribution < 1.29 is 13.9 Å².